The summed E-state index contributed by atoms with van der Waals surface area (Å²) in [6, 6.07) is 4.55. The highest BCUT2D eigenvalue weighted by Crippen LogP contribution is 2.49. The summed E-state index contributed by atoms with van der Waals surface area (Å²) >= 11 is 0. The van der Waals surface area contributed by atoms with Crippen molar-refractivity contribution in [1.29, 1.82) is 0 Å². The predicted octanol–water partition coefficient (Wildman–Crippen LogP) is 2.60. The molecule has 7 rings (SSSR count). The van der Waals surface area contributed by atoms with E-state index in [0.29, 0.717) is 41.9 Å². The zero-order valence-electron chi connectivity index (χ0n) is 19.1. The minimum Gasteiger partial charge on any atom is -0.380 e. The normalized spacial score (nSPS) is 20.0. The number of aliphatic hydroxyl groups is 2. The number of carbonyl (C=O) groups is 1. The highest BCUT2D eigenvalue weighted by molar-refractivity contribution is 5.94. The lowest BCUT2D eigenvalue weighted by Crippen LogP contribution is -2.22. The van der Waals surface area contributed by atoms with Gasteiger partial charge in [-0.2, -0.15) is 5.10 Å². The van der Waals surface area contributed by atoms with Crippen LogP contribution >= 0.6 is 0 Å². The maximum absolute atomic E-state index is 15.1. The molecule has 2 unspecified atom stereocenters. The van der Waals surface area contributed by atoms with Gasteiger partial charge in [0.1, 0.15) is 23.3 Å². The van der Waals surface area contributed by atoms with Crippen LogP contribution in [0.25, 0.3) is 17.0 Å². The predicted molar refractivity (Wildman–Crippen MR) is 125 cm³/mol. The average molecular weight is 474 g/mol. The van der Waals surface area contributed by atoms with Crippen molar-refractivity contribution in [2.24, 2.45) is 12.8 Å². The first-order valence-corrected chi connectivity index (χ1v) is 11.6. The molecule has 2 aliphatic carbocycles. The van der Waals surface area contributed by atoms with E-state index in [1.165, 1.54) is 10.7 Å². The Hall–Kier alpha value is -3.74. The zero-order chi connectivity index (χ0) is 24.5. The van der Waals surface area contributed by atoms with Gasteiger partial charge < -0.3 is 20.5 Å². The van der Waals surface area contributed by atoms with Gasteiger partial charge in [-0.15, -0.1) is 0 Å². The first-order valence-electron chi connectivity index (χ1n) is 11.6. The summed E-state index contributed by atoms with van der Waals surface area (Å²) < 4.78 is 18.4. The molecule has 2 atom stereocenters. The number of amides is 1. The van der Waals surface area contributed by atoms with Gasteiger partial charge in [-0.1, -0.05) is 17.9 Å². The maximum atomic E-state index is 15.1. The Morgan fingerprint density at radius 1 is 1.31 bits per heavy atom. The SMILES string of the molecule is Cn1nccc1C(O)c1c(C(N)=O)nc2n1C1C=C(C1)c1cc(F)c(C#CC3(O)CCCC3)cc1-2. The molecule has 2 aromatic heterocycles. The number of halogens is 1. The molecule has 2 bridgehead atoms. The van der Waals surface area contributed by atoms with E-state index in [-0.39, 0.29) is 23.0 Å². The Kier molecular flexibility index (Phi) is 4.75. The molecule has 0 spiro atoms. The fraction of sp³-hybridized carbons (Fsp3) is 0.346. The van der Waals surface area contributed by atoms with Crippen molar-refractivity contribution in [3.63, 3.8) is 0 Å². The molecule has 9 heteroatoms. The summed E-state index contributed by atoms with van der Waals surface area (Å²) in [5.41, 5.74) is 7.70. The molecule has 2 aliphatic heterocycles. The number of primary amides is 1. The third kappa shape index (κ3) is 3.32. The summed E-state index contributed by atoms with van der Waals surface area (Å²) in [7, 11) is 1.70. The summed E-state index contributed by atoms with van der Waals surface area (Å²) in [5.74, 6) is 4.87. The lowest BCUT2D eigenvalue weighted by molar-refractivity contribution is 0.0988. The monoisotopic (exact) mass is 473 g/mol. The number of aromatic nitrogens is 4. The second-order valence-electron chi connectivity index (χ2n) is 9.52. The molecule has 4 aliphatic rings. The van der Waals surface area contributed by atoms with E-state index < -0.39 is 23.4 Å². The van der Waals surface area contributed by atoms with Crippen LogP contribution in [0.4, 0.5) is 4.39 Å². The van der Waals surface area contributed by atoms with Crippen molar-refractivity contribution in [3.05, 3.63) is 64.5 Å². The summed E-state index contributed by atoms with van der Waals surface area (Å²) in [4.78, 5) is 17.0. The fourth-order valence-corrected chi connectivity index (χ4v) is 5.38. The van der Waals surface area contributed by atoms with Gasteiger partial charge in [-0.3, -0.25) is 9.48 Å². The minimum atomic E-state index is -1.19. The lowest BCUT2D eigenvalue weighted by atomic mass is 9.86. The van der Waals surface area contributed by atoms with Crippen molar-refractivity contribution < 1.29 is 19.4 Å². The largest absolute Gasteiger partial charge is 0.380 e. The van der Waals surface area contributed by atoms with Gasteiger partial charge in [-0.05, 0) is 61.4 Å². The molecule has 0 radical (unpaired) electrons. The van der Waals surface area contributed by atoms with Crippen LogP contribution in [0.1, 0.15) is 77.3 Å². The molecule has 1 amide bonds. The van der Waals surface area contributed by atoms with E-state index >= 15 is 4.39 Å². The highest BCUT2D eigenvalue weighted by Gasteiger charge is 2.38. The zero-order valence-corrected chi connectivity index (χ0v) is 19.1. The van der Waals surface area contributed by atoms with Gasteiger partial charge in [0.15, 0.2) is 5.69 Å². The highest BCUT2D eigenvalue weighted by atomic mass is 19.1. The molecule has 1 aromatic carbocycles. The molecule has 3 aromatic rings. The van der Waals surface area contributed by atoms with Gasteiger partial charge in [-0.25, -0.2) is 9.37 Å². The Balaban J connectivity index is 1.55. The molecule has 1 saturated carbocycles. The lowest BCUT2D eigenvalue weighted by Gasteiger charge is -2.27. The van der Waals surface area contributed by atoms with Crippen molar-refractivity contribution >= 4 is 11.5 Å². The fourth-order valence-electron chi connectivity index (χ4n) is 5.38. The van der Waals surface area contributed by atoms with Crippen LogP contribution in [0.15, 0.2) is 30.5 Å². The third-order valence-corrected chi connectivity index (χ3v) is 7.29. The number of benzene rings is 1. The van der Waals surface area contributed by atoms with E-state index in [2.05, 4.69) is 21.9 Å². The second-order valence-corrected chi connectivity index (χ2v) is 9.52. The topological polar surface area (TPSA) is 119 Å². The van der Waals surface area contributed by atoms with Gasteiger partial charge >= 0.3 is 0 Å². The minimum absolute atomic E-state index is 0.0411. The van der Waals surface area contributed by atoms with Crippen LogP contribution in [0, 0.1) is 17.7 Å². The Labute approximate surface area is 200 Å². The van der Waals surface area contributed by atoms with Crippen molar-refractivity contribution in [3.8, 4) is 23.2 Å². The molecule has 4 N–H and O–H groups in total. The smallest absolute Gasteiger partial charge is 0.269 e. The Morgan fingerprint density at radius 2 is 2.06 bits per heavy atom. The third-order valence-electron chi connectivity index (χ3n) is 7.29. The van der Waals surface area contributed by atoms with Crippen molar-refractivity contribution in [2.75, 3.05) is 0 Å². The number of hydrogen-bond donors (Lipinski definition) is 3. The Morgan fingerprint density at radius 3 is 2.71 bits per heavy atom. The maximum Gasteiger partial charge on any atom is 0.269 e. The van der Waals surface area contributed by atoms with Gasteiger partial charge in [0.2, 0.25) is 0 Å². The molecular formula is C26H24FN5O3. The Bertz CT molecular complexity index is 1480. The van der Waals surface area contributed by atoms with Gasteiger partial charge in [0.25, 0.3) is 5.91 Å². The van der Waals surface area contributed by atoms with Crippen LogP contribution in [-0.2, 0) is 7.05 Å². The molecule has 8 nitrogen and oxygen atoms in total. The average Bonchev–Trinajstić information content (AvgIpc) is 3.48. The molecule has 4 heterocycles. The van der Waals surface area contributed by atoms with E-state index in [9.17, 15) is 15.0 Å². The first kappa shape index (κ1) is 21.8. The number of aryl methyl sites for hydroxylation is 1. The number of aliphatic hydroxyl groups excluding tert-OH is 1. The van der Waals surface area contributed by atoms with Crippen LogP contribution in [-0.4, -0.2) is 41.1 Å². The van der Waals surface area contributed by atoms with Gasteiger partial charge in [0, 0.05) is 18.8 Å². The second kappa shape index (κ2) is 7.63. The van der Waals surface area contributed by atoms with Gasteiger partial charge in [0.05, 0.1) is 23.0 Å². The number of nitrogens with zero attached hydrogens (tertiary/aromatic N) is 4. The standard InChI is InChI=1S/C26H24FN5O3/c1-31-20(5-9-29-31)23(33)22-21(24(28)34)30-25-18-12-14(4-8-26(35)6-2-3-7-26)19(27)13-17(18)15-10-16(11-15)32(22)25/h5,9-10,12-13,16,23,33,35H,2-3,6-7,11H2,1H3,(H2,28,34). The first-order chi connectivity index (χ1) is 16.8. The number of imidazole rings is 1. The van der Waals surface area contributed by atoms with Crippen LogP contribution in [0.3, 0.4) is 0 Å². The number of carbonyl (C=O) groups excluding carboxylic acids is 1. The van der Waals surface area contributed by atoms with E-state index in [0.717, 1.165) is 18.4 Å². The van der Waals surface area contributed by atoms with Crippen LogP contribution in [0.2, 0.25) is 0 Å². The number of allylic oxidation sites excluding steroid dienone is 2. The summed E-state index contributed by atoms with van der Waals surface area (Å²) in [6.45, 7) is 0. The number of hydrogen-bond acceptors (Lipinski definition) is 5. The van der Waals surface area contributed by atoms with E-state index in [1.807, 2.05) is 10.6 Å². The van der Waals surface area contributed by atoms with Crippen LogP contribution < -0.4 is 5.73 Å². The summed E-state index contributed by atoms with van der Waals surface area (Å²) in [5, 5.41) is 26.0. The van der Waals surface area contributed by atoms with Crippen LogP contribution in [0.5, 0.6) is 0 Å². The van der Waals surface area contributed by atoms with E-state index in [4.69, 9.17) is 5.73 Å². The molecule has 0 saturated heterocycles. The van der Waals surface area contributed by atoms with Crippen molar-refractivity contribution in [1.82, 2.24) is 19.3 Å². The molecule has 1 fully saturated rings. The van der Waals surface area contributed by atoms with E-state index in [1.54, 1.807) is 25.4 Å². The van der Waals surface area contributed by atoms with Crippen molar-refractivity contribution in [2.45, 2.75) is 49.9 Å². The number of rotatable bonds is 3. The quantitative estimate of drug-likeness (QED) is 0.505. The number of nitrogens with two attached hydrogens (primary N) is 1. The molecular weight excluding hydrogens is 449 g/mol. The molecule has 178 valence electrons. The summed E-state index contributed by atoms with van der Waals surface area (Å²) in [6.07, 6.45) is 5.87. The molecule has 35 heavy (non-hydrogen) atoms.